The van der Waals surface area contributed by atoms with Crippen molar-refractivity contribution in [2.45, 2.75) is 18.4 Å². The molecule has 0 bridgehead atoms. The average molecular weight is 296 g/mol. The Bertz CT molecular complexity index is 649. The van der Waals surface area contributed by atoms with Crippen LogP contribution in [0.15, 0.2) is 40.6 Å². The molecule has 102 valence electrons. The van der Waals surface area contributed by atoms with Crippen LogP contribution in [0.4, 0.5) is 5.69 Å². The van der Waals surface area contributed by atoms with Crippen LogP contribution in [0.2, 0.25) is 0 Å². The summed E-state index contributed by atoms with van der Waals surface area (Å²) in [6, 6.07) is 9.12. The fourth-order valence-corrected chi connectivity index (χ4v) is 3.07. The standard InChI is InChI=1S/C13H16N2O2S2/c1-10-5-6-12(19(16,17)14-2)8-13(10)15-9-11-4-3-7-18-11/h3-8,14-15H,9H2,1-2H3. The molecule has 1 heterocycles. The Morgan fingerprint density at radius 2 is 2.05 bits per heavy atom. The van der Waals surface area contributed by atoms with Crippen LogP contribution >= 0.6 is 11.3 Å². The number of aryl methyl sites for hydroxylation is 1. The summed E-state index contributed by atoms with van der Waals surface area (Å²) in [7, 11) is -1.99. The van der Waals surface area contributed by atoms with Gasteiger partial charge in [-0.2, -0.15) is 0 Å². The summed E-state index contributed by atoms with van der Waals surface area (Å²) in [6.07, 6.45) is 0. The van der Waals surface area contributed by atoms with Crippen molar-refractivity contribution >= 4 is 27.0 Å². The SMILES string of the molecule is CNS(=O)(=O)c1ccc(C)c(NCc2cccs2)c1. The van der Waals surface area contributed by atoms with E-state index in [9.17, 15) is 8.42 Å². The second-order valence-corrected chi connectivity index (χ2v) is 7.04. The zero-order chi connectivity index (χ0) is 13.9. The molecule has 4 nitrogen and oxygen atoms in total. The Balaban J connectivity index is 2.22. The van der Waals surface area contributed by atoms with Crippen LogP contribution in [0.5, 0.6) is 0 Å². The van der Waals surface area contributed by atoms with Gasteiger partial charge in [0.05, 0.1) is 4.90 Å². The quantitative estimate of drug-likeness (QED) is 0.891. The van der Waals surface area contributed by atoms with Crippen molar-refractivity contribution < 1.29 is 8.42 Å². The molecule has 1 aromatic carbocycles. The zero-order valence-electron chi connectivity index (χ0n) is 10.8. The molecule has 0 aliphatic carbocycles. The van der Waals surface area contributed by atoms with E-state index in [0.717, 1.165) is 11.3 Å². The summed E-state index contributed by atoms with van der Waals surface area (Å²) >= 11 is 1.67. The molecule has 0 aliphatic heterocycles. The minimum absolute atomic E-state index is 0.272. The second-order valence-electron chi connectivity index (χ2n) is 4.12. The number of nitrogens with one attached hydrogen (secondary N) is 2. The molecule has 2 rings (SSSR count). The average Bonchev–Trinajstić information content (AvgIpc) is 2.90. The maximum atomic E-state index is 11.8. The van der Waals surface area contributed by atoms with Gasteiger partial charge >= 0.3 is 0 Å². The summed E-state index contributed by atoms with van der Waals surface area (Å²) in [6.45, 7) is 2.65. The number of thiophene rings is 1. The maximum Gasteiger partial charge on any atom is 0.240 e. The normalized spacial score (nSPS) is 11.5. The summed E-state index contributed by atoms with van der Waals surface area (Å²) in [5, 5.41) is 5.29. The molecule has 1 aromatic heterocycles. The number of anilines is 1. The van der Waals surface area contributed by atoms with E-state index in [0.29, 0.717) is 6.54 Å². The fraction of sp³-hybridized carbons (Fsp3) is 0.231. The third-order valence-electron chi connectivity index (χ3n) is 2.82. The number of rotatable bonds is 5. The Morgan fingerprint density at radius 3 is 2.68 bits per heavy atom. The molecule has 19 heavy (non-hydrogen) atoms. The molecule has 0 radical (unpaired) electrons. The molecule has 6 heteroatoms. The first-order chi connectivity index (χ1) is 9.03. The van der Waals surface area contributed by atoms with E-state index in [-0.39, 0.29) is 4.90 Å². The molecular formula is C13H16N2O2S2. The van der Waals surface area contributed by atoms with E-state index < -0.39 is 10.0 Å². The van der Waals surface area contributed by atoms with Crippen LogP contribution in [0.25, 0.3) is 0 Å². The molecule has 2 N–H and O–H groups in total. The van der Waals surface area contributed by atoms with Crippen molar-refractivity contribution in [2.75, 3.05) is 12.4 Å². The van der Waals surface area contributed by atoms with Gasteiger partial charge in [0.15, 0.2) is 0 Å². The highest BCUT2D eigenvalue weighted by Gasteiger charge is 2.12. The third kappa shape index (κ3) is 3.34. The monoisotopic (exact) mass is 296 g/mol. The first kappa shape index (κ1) is 14.0. The van der Waals surface area contributed by atoms with Gasteiger partial charge < -0.3 is 5.32 Å². The van der Waals surface area contributed by atoms with Gasteiger partial charge in [0.25, 0.3) is 0 Å². The van der Waals surface area contributed by atoms with Crippen molar-refractivity contribution in [3.05, 3.63) is 46.2 Å². The molecule has 0 saturated heterocycles. The van der Waals surface area contributed by atoms with Crippen molar-refractivity contribution in [2.24, 2.45) is 0 Å². The van der Waals surface area contributed by atoms with Gasteiger partial charge in [-0.15, -0.1) is 11.3 Å². The Hall–Kier alpha value is -1.37. The van der Waals surface area contributed by atoms with Gasteiger partial charge in [0.1, 0.15) is 0 Å². The van der Waals surface area contributed by atoms with E-state index in [2.05, 4.69) is 10.0 Å². The largest absolute Gasteiger partial charge is 0.380 e. The molecule has 0 amide bonds. The van der Waals surface area contributed by atoms with Gasteiger partial charge in [-0.05, 0) is 43.1 Å². The highest BCUT2D eigenvalue weighted by molar-refractivity contribution is 7.89. The summed E-state index contributed by atoms with van der Waals surface area (Å²) < 4.78 is 25.8. The van der Waals surface area contributed by atoms with Crippen LogP contribution in [-0.4, -0.2) is 15.5 Å². The summed E-state index contributed by atoms with van der Waals surface area (Å²) in [5.41, 5.74) is 1.86. The first-order valence-electron chi connectivity index (χ1n) is 5.83. The number of sulfonamides is 1. The number of hydrogen-bond acceptors (Lipinski definition) is 4. The van der Waals surface area contributed by atoms with E-state index in [1.54, 1.807) is 29.5 Å². The third-order valence-corrected chi connectivity index (χ3v) is 5.11. The van der Waals surface area contributed by atoms with Crippen molar-refractivity contribution in [1.29, 1.82) is 0 Å². The molecule has 2 aromatic rings. The van der Waals surface area contributed by atoms with Gasteiger partial charge in [0, 0.05) is 17.1 Å². The highest BCUT2D eigenvalue weighted by Crippen LogP contribution is 2.21. The molecular weight excluding hydrogens is 280 g/mol. The first-order valence-corrected chi connectivity index (χ1v) is 8.19. The van der Waals surface area contributed by atoms with Gasteiger partial charge in [-0.3, -0.25) is 0 Å². The highest BCUT2D eigenvalue weighted by atomic mass is 32.2. The zero-order valence-corrected chi connectivity index (χ0v) is 12.4. The molecule has 0 saturated carbocycles. The predicted octanol–water partition coefficient (Wildman–Crippen LogP) is 2.58. The minimum atomic E-state index is -3.40. The topological polar surface area (TPSA) is 58.2 Å². The molecule has 0 atom stereocenters. The predicted molar refractivity (Wildman–Crippen MR) is 79.1 cm³/mol. The van der Waals surface area contributed by atoms with E-state index in [1.165, 1.54) is 11.9 Å². The number of hydrogen-bond donors (Lipinski definition) is 2. The number of benzene rings is 1. The van der Waals surface area contributed by atoms with Crippen LogP contribution in [0, 0.1) is 6.92 Å². The maximum absolute atomic E-state index is 11.8. The van der Waals surface area contributed by atoms with Crippen LogP contribution in [-0.2, 0) is 16.6 Å². The van der Waals surface area contributed by atoms with Gasteiger partial charge in [0.2, 0.25) is 10.0 Å². The van der Waals surface area contributed by atoms with Crippen molar-refractivity contribution in [1.82, 2.24) is 4.72 Å². The summed E-state index contributed by atoms with van der Waals surface area (Å²) in [4.78, 5) is 1.48. The Kier molecular flexibility index (Phi) is 4.24. The van der Waals surface area contributed by atoms with Gasteiger partial charge in [-0.1, -0.05) is 12.1 Å². The van der Waals surface area contributed by atoms with Crippen molar-refractivity contribution in [3.63, 3.8) is 0 Å². The second kappa shape index (κ2) is 5.73. The van der Waals surface area contributed by atoms with E-state index in [1.807, 2.05) is 24.4 Å². The molecule has 0 aliphatic rings. The lowest BCUT2D eigenvalue weighted by molar-refractivity contribution is 0.588. The minimum Gasteiger partial charge on any atom is -0.380 e. The van der Waals surface area contributed by atoms with Gasteiger partial charge in [-0.25, -0.2) is 13.1 Å². The Morgan fingerprint density at radius 1 is 1.26 bits per heavy atom. The molecule has 0 unspecified atom stereocenters. The molecule has 0 fully saturated rings. The lowest BCUT2D eigenvalue weighted by atomic mass is 10.2. The van der Waals surface area contributed by atoms with E-state index >= 15 is 0 Å². The van der Waals surface area contributed by atoms with Crippen molar-refractivity contribution in [3.8, 4) is 0 Å². The fourth-order valence-electron chi connectivity index (χ4n) is 1.67. The van der Waals surface area contributed by atoms with E-state index in [4.69, 9.17) is 0 Å². The Labute approximate surface area is 117 Å². The summed E-state index contributed by atoms with van der Waals surface area (Å²) in [5.74, 6) is 0. The lowest BCUT2D eigenvalue weighted by Gasteiger charge is -2.11. The van der Waals surface area contributed by atoms with Crippen LogP contribution in [0.1, 0.15) is 10.4 Å². The smallest absolute Gasteiger partial charge is 0.240 e. The van der Waals surface area contributed by atoms with Crippen LogP contribution < -0.4 is 10.0 Å². The molecule has 0 spiro atoms. The van der Waals surface area contributed by atoms with Crippen LogP contribution in [0.3, 0.4) is 0 Å². The lowest BCUT2D eigenvalue weighted by Crippen LogP contribution is -2.18.